The Balaban J connectivity index is 0.957. The maximum absolute atomic E-state index is 2.51. The van der Waals surface area contributed by atoms with E-state index in [1.165, 1.54) is 152 Å². The predicted octanol–water partition coefficient (Wildman–Crippen LogP) is 17.7. The Morgan fingerprint density at radius 2 is 0.548 bits per heavy atom. The van der Waals surface area contributed by atoms with Crippen LogP contribution in [0.3, 0.4) is 0 Å². The van der Waals surface area contributed by atoms with Gasteiger partial charge in [0.25, 0.3) is 0 Å². The third-order valence-corrected chi connectivity index (χ3v) is 14.4. The van der Waals surface area contributed by atoms with Crippen LogP contribution in [-0.2, 0) is 0 Å². The fourth-order valence-corrected chi connectivity index (χ4v) is 11.7. The lowest BCUT2D eigenvalue weighted by molar-refractivity contribution is 1.71. The highest BCUT2D eigenvalue weighted by Crippen LogP contribution is 2.49. The van der Waals surface area contributed by atoms with E-state index in [1.807, 2.05) is 0 Å². The highest BCUT2D eigenvalue weighted by atomic mass is 14.2. The number of hydrogen-bond acceptors (Lipinski definition) is 0. The van der Waals surface area contributed by atoms with Gasteiger partial charge in [0.1, 0.15) is 0 Å². The fourth-order valence-electron chi connectivity index (χ4n) is 11.7. The molecule has 0 fully saturated rings. The second kappa shape index (κ2) is 11.8. The van der Waals surface area contributed by atoms with Gasteiger partial charge in [-0.3, -0.25) is 0 Å². The van der Waals surface area contributed by atoms with Crippen LogP contribution in [0.1, 0.15) is 0 Å². The third kappa shape index (κ3) is 4.26. The van der Waals surface area contributed by atoms with E-state index in [0.717, 1.165) is 0 Å². The van der Waals surface area contributed by atoms with Gasteiger partial charge in [-0.1, -0.05) is 158 Å². The Hall–Kier alpha value is -8.06. The molecule has 0 amide bonds. The molecule has 15 aromatic rings. The minimum Gasteiger partial charge on any atom is -0.0616 e. The van der Waals surface area contributed by atoms with Crippen molar-refractivity contribution in [3.05, 3.63) is 206 Å². The molecule has 282 valence electrons. The van der Waals surface area contributed by atoms with Crippen LogP contribution in [-0.4, -0.2) is 0 Å². The second-order valence-electron chi connectivity index (χ2n) is 17.5. The van der Waals surface area contributed by atoms with Crippen molar-refractivity contribution in [2.24, 2.45) is 0 Å². The largest absolute Gasteiger partial charge is 0.0616 e. The molecule has 0 radical (unpaired) electrons. The van der Waals surface area contributed by atoms with E-state index in [4.69, 9.17) is 0 Å². The maximum atomic E-state index is 2.51. The van der Waals surface area contributed by atoms with Crippen molar-refractivity contribution in [1.29, 1.82) is 0 Å². The lowest BCUT2D eigenvalue weighted by Crippen LogP contribution is -1.85. The summed E-state index contributed by atoms with van der Waals surface area (Å²) in [6.07, 6.45) is 0. The summed E-state index contributed by atoms with van der Waals surface area (Å²) in [4.78, 5) is 0. The minimum absolute atomic E-state index is 1.25. The van der Waals surface area contributed by atoms with E-state index in [0.29, 0.717) is 0 Å². The molecule has 0 N–H and O–H groups in total. The van der Waals surface area contributed by atoms with Gasteiger partial charge < -0.3 is 0 Å². The summed E-state index contributed by atoms with van der Waals surface area (Å²) in [7, 11) is 0. The van der Waals surface area contributed by atoms with E-state index in [-0.39, 0.29) is 0 Å². The van der Waals surface area contributed by atoms with Crippen molar-refractivity contribution in [2.75, 3.05) is 0 Å². The summed E-state index contributed by atoms with van der Waals surface area (Å²) in [6, 6.07) is 78.1. The summed E-state index contributed by atoms with van der Waals surface area (Å²) in [5.74, 6) is 0. The summed E-state index contributed by atoms with van der Waals surface area (Å²) in [6.45, 7) is 0. The monoisotopic (exact) mass is 778 g/mol. The van der Waals surface area contributed by atoms with Gasteiger partial charge in [0.2, 0.25) is 0 Å². The van der Waals surface area contributed by atoms with Gasteiger partial charge in [-0.15, -0.1) is 0 Å². The van der Waals surface area contributed by atoms with Crippen molar-refractivity contribution in [1.82, 2.24) is 0 Å². The van der Waals surface area contributed by atoms with Crippen molar-refractivity contribution >= 4 is 129 Å². The Labute approximate surface area is 356 Å². The molecule has 0 bridgehead atoms. The first-order valence-electron chi connectivity index (χ1n) is 21.7. The summed E-state index contributed by atoms with van der Waals surface area (Å²) in [5.41, 5.74) is 5.07. The van der Waals surface area contributed by atoms with Gasteiger partial charge in [-0.05, 0) is 200 Å². The Bertz CT molecular complexity index is 4430. The summed E-state index contributed by atoms with van der Waals surface area (Å²) in [5, 5.41) is 31.5. The van der Waals surface area contributed by atoms with Crippen LogP contribution in [0.5, 0.6) is 0 Å². The number of fused-ring (bicyclic) bond motifs is 16. The van der Waals surface area contributed by atoms with Gasteiger partial charge in [-0.25, -0.2) is 0 Å². The Morgan fingerprint density at radius 1 is 0.161 bits per heavy atom. The quantitative estimate of drug-likeness (QED) is 0.153. The number of hydrogen-bond donors (Lipinski definition) is 0. The van der Waals surface area contributed by atoms with Crippen LogP contribution >= 0.6 is 0 Å². The highest BCUT2D eigenvalue weighted by Gasteiger charge is 2.21. The molecular formula is C62H34. The molecule has 0 nitrogen and oxygen atoms in total. The SMILES string of the molecule is c1ccc2c(c1)cc(-c1ccc3cc4c(cc3c1)c1cccc3c5cc6c7ccc(-c8cc9ccccc9c9ccccc89)cc7c7cccc(c5cc4c13)c76)c1ccccc12. The molecule has 0 saturated carbocycles. The van der Waals surface area contributed by atoms with Gasteiger partial charge in [0, 0.05) is 0 Å². The number of rotatable bonds is 2. The van der Waals surface area contributed by atoms with Crippen molar-refractivity contribution in [2.45, 2.75) is 0 Å². The molecule has 0 unspecified atom stereocenters. The van der Waals surface area contributed by atoms with Gasteiger partial charge in [-0.2, -0.15) is 0 Å². The van der Waals surface area contributed by atoms with Crippen molar-refractivity contribution < 1.29 is 0 Å². The fraction of sp³-hybridized carbons (Fsp3) is 0. The average Bonchev–Trinajstić information content (AvgIpc) is 3.82. The van der Waals surface area contributed by atoms with Crippen LogP contribution in [0.2, 0.25) is 0 Å². The van der Waals surface area contributed by atoms with E-state index in [2.05, 4.69) is 206 Å². The molecule has 0 saturated heterocycles. The number of benzene rings is 13. The maximum Gasteiger partial charge on any atom is -0.00199 e. The van der Waals surface area contributed by atoms with Crippen LogP contribution in [0.25, 0.3) is 152 Å². The standard InChI is InChI=1S/C62H34/c1-3-13-41-36(11-1)29-52(45-17-7-5-15-43(41)45)38-24-23-35-28-56-55(32-40(35)27-38)49-20-10-22-51-57-33-59-47-26-25-39(53-30-37-12-2-4-14-42(37)44-16-6-8-18-46(44)53)31-54(47)48-19-9-21-50(61(48)59)58(57)34-60(56)62(49)51/h1-34H. The van der Waals surface area contributed by atoms with Crippen molar-refractivity contribution in [3.63, 3.8) is 0 Å². The molecule has 0 heteroatoms. The minimum atomic E-state index is 1.25. The zero-order valence-corrected chi connectivity index (χ0v) is 33.6. The molecule has 62 heavy (non-hydrogen) atoms. The molecule has 0 atom stereocenters. The first kappa shape index (κ1) is 32.8. The van der Waals surface area contributed by atoms with Crippen LogP contribution in [0.4, 0.5) is 0 Å². The first-order valence-corrected chi connectivity index (χ1v) is 21.7. The predicted molar refractivity (Wildman–Crippen MR) is 270 cm³/mol. The van der Waals surface area contributed by atoms with E-state index >= 15 is 0 Å². The Kier molecular flexibility index (Phi) is 6.24. The van der Waals surface area contributed by atoms with Crippen molar-refractivity contribution in [3.8, 4) is 22.3 Å². The lowest BCUT2D eigenvalue weighted by Gasteiger charge is -2.12. The topological polar surface area (TPSA) is 0 Å². The molecule has 0 aliphatic carbocycles. The first-order chi connectivity index (χ1) is 30.7. The molecule has 15 aromatic carbocycles. The normalized spacial score (nSPS) is 12.5. The van der Waals surface area contributed by atoms with Crippen LogP contribution < -0.4 is 0 Å². The van der Waals surface area contributed by atoms with E-state index < -0.39 is 0 Å². The molecule has 0 spiro atoms. The molecule has 0 aliphatic rings. The third-order valence-electron chi connectivity index (χ3n) is 14.4. The zero-order valence-electron chi connectivity index (χ0n) is 33.6. The zero-order chi connectivity index (χ0) is 40.2. The average molecular weight is 779 g/mol. The van der Waals surface area contributed by atoms with Gasteiger partial charge in [0.05, 0.1) is 0 Å². The van der Waals surface area contributed by atoms with Gasteiger partial charge in [0.15, 0.2) is 0 Å². The second-order valence-corrected chi connectivity index (χ2v) is 17.5. The van der Waals surface area contributed by atoms with E-state index in [1.54, 1.807) is 0 Å². The van der Waals surface area contributed by atoms with Crippen LogP contribution in [0.15, 0.2) is 206 Å². The smallest absolute Gasteiger partial charge is 0.00199 e. The van der Waals surface area contributed by atoms with Crippen LogP contribution in [0, 0.1) is 0 Å². The lowest BCUT2D eigenvalue weighted by atomic mass is 9.92. The van der Waals surface area contributed by atoms with Gasteiger partial charge >= 0.3 is 0 Å². The molecule has 0 aromatic heterocycles. The van der Waals surface area contributed by atoms with E-state index in [9.17, 15) is 0 Å². The molecule has 15 rings (SSSR count). The molecule has 0 aliphatic heterocycles. The molecule has 0 heterocycles. The summed E-state index contributed by atoms with van der Waals surface area (Å²) < 4.78 is 0. The molecular weight excluding hydrogens is 745 g/mol. The highest BCUT2D eigenvalue weighted by molar-refractivity contribution is 6.41. The summed E-state index contributed by atoms with van der Waals surface area (Å²) >= 11 is 0. The Morgan fingerprint density at radius 3 is 1.13 bits per heavy atom.